The van der Waals surface area contributed by atoms with Crippen LogP contribution in [0.5, 0.6) is 0 Å². The summed E-state index contributed by atoms with van der Waals surface area (Å²) in [7, 11) is 0. The molecule has 0 aliphatic heterocycles. The van der Waals surface area contributed by atoms with Gasteiger partial charge < -0.3 is 9.84 Å². The predicted octanol–water partition coefficient (Wildman–Crippen LogP) is 1.07. The maximum absolute atomic E-state index is 11.1. The zero-order chi connectivity index (χ0) is 11.1. The van der Waals surface area contributed by atoms with Gasteiger partial charge >= 0.3 is 5.97 Å². The molecule has 1 rings (SSSR count). The monoisotopic (exact) mass is 209 g/mol. The summed E-state index contributed by atoms with van der Waals surface area (Å²) in [6.45, 7) is 2.18. The van der Waals surface area contributed by atoms with Crippen molar-refractivity contribution >= 4 is 5.97 Å². The van der Waals surface area contributed by atoms with Crippen LogP contribution >= 0.6 is 0 Å². The average molecular weight is 209 g/mol. The molecule has 15 heavy (non-hydrogen) atoms. The van der Waals surface area contributed by atoms with E-state index in [1.807, 2.05) is 0 Å². The van der Waals surface area contributed by atoms with Gasteiger partial charge in [0.15, 0.2) is 0 Å². The summed E-state index contributed by atoms with van der Waals surface area (Å²) in [5, 5.41) is 8.90. The van der Waals surface area contributed by atoms with E-state index in [0.29, 0.717) is 19.4 Å². The van der Waals surface area contributed by atoms with Crippen molar-refractivity contribution in [1.82, 2.24) is 4.98 Å². The number of aromatic nitrogens is 1. The second-order valence-corrected chi connectivity index (χ2v) is 3.12. The van der Waals surface area contributed by atoms with Crippen molar-refractivity contribution in [3.05, 3.63) is 29.6 Å². The van der Waals surface area contributed by atoms with Crippen LogP contribution in [0.15, 0.2) is 18.3 Å². The second-order valence-electron chi connectivity index (χ2n) is 3.12. The van der Waals surface area contributed by atoms with E-state index in [0.717, 1.165) is 11.3 Å². The number of aliphatic hydroxyl groups excluding tert-OH is 1. The van der Waals surface area contributed by atoms with Crippen LogP contribution in [0.25, 0.3) is 0 Å². The molecule has 0 bridgehead atoms. The summed E-state index contributed by atoms with van der Waals surface area (Å²) >= 11 is 0. The lowest BCUT2D eigenvalue weighted by Crippen LogP contribution is -2.06. The number of aryl methyl sites for hydroxylation is 1. The van der Waals surface area contributed by atoms with E-state index in [4.69, 9.17) is 9.84 Å². The summed E-state index contributed by atoms with van der Waals surface area (Å²) < 4.78 is 4.80. The van der Waals surface area contributed by atoms with Crippen LogP contribution in [-0.4, -0.2) is 22.7 Å². The fourth-order valence-corrected chi connectivity index (χ4v) is 1.23. The first-order valence-electron chi connectivity index (χ1n) is 4.96. The molecule has 0 amide bonds. The molecule has 0 unspecified atom stereocenters. The van der Waals surface area contributed by atoms with Gasteiger partial charge in [0.25, 0.3) is 0 Å². The molecule has 0 radical (unpaired) electrons. The Labute approximate surface area is 88.9 Å². The Morgan fingerprint density at radius 1 is 1.60 bits per heavy atom. The number of nitrogens with zero attached hydrogens (tertiary/aromatic N) is 1. The lowest BCUT2D eigenvalue weighted by molar-refractivity contribution is -0.143. The molecule has 1 heterocycles. The first-order chi connectivity index (χ1) is 7.26. The summed E-state index contributed by atoms with van der Waals surface area (Å²) in [6, 6.07) is 3.53. The predicted molar refractivity (Wildman–Crippen MR) is 55.1 cm³/mol. The van der Waals surface area contributed by atoms with Crippen molar-refractivity contribution in [1.29, 1.82) is 0 Å². The number of aliphatic hydroxyl groups is 1. The Balaban J connectivity index is 2.46. The van der Waals surface area contributed by atoms with Gasteiger partial charge in [0.1, 0.15) is 0 Å². The van der Waals surface area contributed by atoms with Crippen molar-refractivity contribution in [2.45, 2.75) is 26.4 Å². The number of carbonyl (C=O) groups excluding carboxylic acids is 1. The Morgan fingerprint density at radius 2 is 2.40 bits per heavy atom. The van der Waals surface area contributed by atoms with Crippen LogP contribution in [0.4, 0.5) is 0 Å². The Bertz CT molecular complexity index is 325. The van der Waals surface area contributed by atoms with Crippen LogP contribution in [0.1, 0.15) is 24.6 Å². The molecular formula is C11H15NO3. The SMILES string of the molecule is CCOC(=O)CCc1cc(CO)ccn1. The smallest absolute Gasteiger partial charge is 0.306 e. The summed E-state index contributed by atoms with van der Waals surface area (Å²) in [5.41, 5.74) is 1.61. The number of carbonyl (C=O) groups is 1. The van der Waals surface area contributed by atoms with Crippen molar-refractivity contribution < 1.29 is 14.6 Å². The third-order valence-corrected chi connectivity index (χ3v) is 1.95. The van der Waals surface area contributed by atoms with Gasteiger partial charge in [-0.05, 0) is 24.6 Å². The quantitative estimate of drug-likeness (QED) is 0.737. The van der Waals surface area contributed by atoms with E-state index in [9.17, 15) is 4.79 Å². The Hall–Kier alpha value is -1.42. The molecule has 0 aromatic carbocycles. The highest BCUT2D eigenvalue weighted by Crippen LogP contribution is 2.04. The molecule has 1 aromatic heterocycles. The van der Waals surface area contributed by atoms with E-state index < -0.39 is 0 Å². The first-order valence-corrected chi connectivity index (χ1v) is 4.96. The number of rotatable bonds is 5. The third-order valence-electron chi connectivity index (χ3n) is 1.95. The Kier molecular flexibility index (Phi) is 4.77. The molecule has 82 valence electrons. The molecule has 4 nitrogen and oxygen atoms in total. The lowest BCUT2D eigenvalue weighted by atomic mass is 10.1. The van der Waals surface area contributed by atoms with Gasteiger partial charge in [-0.1, -0.05) is 0 Å². The van der Waals surface area contributed by atoms with Gasteiger partial charge in [-0.25, -0.2) is 0 Å². The molecular weight excluding hydrogens is 194 g/mol. The largest absolute Gasteiger partial charge is 0.466 e. The van der Waals surface area contributed by atoms with Crippen molar-refractivity contribution in [2.24, 2.45) is 0 Å². The molecule has 0 saturated heterocycles. The van der Waals surface area contributed by atoms with Crippen molar-refractivity contribution in [2.75, 3.05) is 6.61 Å². The van der Waals surface area contributed by atoms with Gasteiger partial charge in [0, 0.05) is 18.3 Å². The fraction of sp³-hybridized carbons (Fsp3) is 0.455. The molecule has 0 aliphatic carbocycles. The fourth-order valence-electron chi connectivity index (χ4n) is 1.23. The lowest BCUT2D eigenvalue weighted by Gasteiger charge is -2.02. The topological polar surface area (TPSA) is 59.4 Å². The van der Waals surface area contributed by atoms with Gasteiger partial charge in [0.05, 0.1) is 19.6 Å². The van der Waals surface area contributed by atoms with E-state index >= 15 is 0 Å². The number of hydrogen-bond acceptors (Lipinski definition) is 4. The number of hydrogen-bond donors (Lipinski definition) is 1. The van der Waals surface area contributed by atoms with Gasteiger partial charge in [-0.3, -0.25) is 9.78 Å². The number of ether oxygens (including phenoxy) is 1. The normalized spacial score (nSPS) is 10.0. The van der Waals surface area contributed by atoms with E-state index in [2.05, 4.69) is 4.98 Å². The maximum Gasteiger partial charge on any atom is 0.306 e. The average Bonchev–Trinajstić information content (AvgIpc) is 2.27. The van der Waals surface area contributed by atoms with Gasteiger partial charge in [-0.15, -0.1) is 0 Å². The minimum Gasteiger partial charge on any atom is -0.466 e. The highest BCUT2D eigenvalue weighted by molar-refractivity contribution is 5.69. The molecule has 0 spiro atoms. The molecule has 0 aliphatic rings. The van der Waals surface area contributed by atoms with Crippen LogP contribution in [-0.2, 0) is 22.6 Å². The molecule has 4 heteroatoms. The Morgan fingerprint density at radius 3 is 3.07 bits per heavy atom. The summed E-state index contributed by atoms with van der Waals surface area (Å²) in [4.78, 5) is 15.2. The van der Waals surface area contributed by atoms with Gasteiger partial charge in [0.2, 0.25) is 0 Å². The number of esters is 1. The molecule has 1 aromatic rings. The molecule has 0 saturated carbocycles. The zero-order valence-corrected chi connectivity index (χ0v) is 8.77. The molecule has 0 fully saturated rings. The minimum absolute atomic E-state index is 0.00503. The molecule has 0 atom stereocenters. The zero-order valence-electron chi connectivity index (χ0n) is 8.77. The minimum atomic E-state index is -0.214. The second kappa shape index (κ2) is 6.14. The highest BCUT2D eigenvalue weighted by Gasteiger charge is 2.03. The highest BCUT2D eigenvalue weighted by atomic mass is 16.5. The van der Waals surface area contributed by atoms with Crippen LogP contribution in [0, 0.1) is 0 Å². The van der Waals surface area contributed by atoms with E-state index in [1.165, 1.54) is 0 Å². The third kappa shape index (κ3) is 4.08. The van der Waals surface area contributed by atoms with Crippen molar-refractivity contribution in [3.63, 3.8) is 0 Å². The summed E-state index contributed by atoms with van der Waals surface area (Å²) in [6.07, 6.45) is 2.51. The van der Waals surface area contributed by atoms with Crippen LogP contribution in [0.3, 0.4) is 0 Å². The maximum atomic E-state index is 11.1. The molecule has 1 N–H and O–H groups in total. The van der Waals surface area contributed by atoms with Crippen LogP contribution < -0.4 is 0 Å². The van der Waals surface area contributed by atoms with Gasteiger partial charge in [-0.2, -0.15) is 0 Å². The van der Waals surface area contributed by atoms with E-state index in [-0.39, 0.29) is 12.6 Å². The first kappa shape index (κ1) is 11.7. The summed E-state index contributed by atoms with van der Waals surface area (Å²) in [5.74, 6) is -0.214. The van der Waals surface area contributed by atoms with Crippen LogP contribution in [0.2, 0.25) is 0 Å². The number of pyridine rings is 1. The van der Waals surface area contributed by atoms with E-state index in [1.54, 1.807) is 25.3 Å². The van der Waals surface area contributed by atoms with Crippen molar-refractivity contribution in [3.8, 4) is 0 Å². The standard InChI is InChI=1S/C11H15NO3/c1-2-15-11(14)4-3-10-7-9(8-13)5-6-12-10/h5-7,13H,2-4,8H2,1H3.